The number of ether oxygens (including phenoxy) is 1. The number of carbonyl (C=O) groups is 3. The molecule has 1 aromatic carbocycles. The van der Waals surface area contributed by atoms with Crippen LogP contribution >= 0.6 is 0 Å². The van der Waals surface area contributed by atoms with Crippen molar-refractivity contribution in [2.75, 3.05) is 6.54 Å². The molecular formula is C31H53N3O4. The first-order valence-electron chi connectivity index (χ1n) is 14.4. The Morgan fingerprint density at radius 1 is 0.974 bits per heavy atom. The maximum Gasteiger partial charge on any atom is 0.408 e. The van der Waals surface area contributed by atoms with Crippen molar-refractivity contribution in [2.45, 2.75) is 131 Å². The molecule has 0 aromatic heterocycles. The molecule has 2 N–H and O–H groups in total. The van der Waals surface area contributed by atoms with Crippen molar-refractivity contribution in [1.29, 1.82) is 0 Å². The molecule has 0 aliphatic rings. The number of nitrogens with zero attached hydrogens (tertiary/aromatic N) is 1. The molecule has 0 heterocycles. The minimum Gasteiger partial charge on any atom is -0.444 e. The van der Waals surface area contributed by atoms with Gasteiger partial charge in [-0.1, -0.05) is 70.7 Å². The van der Waals surface area contributed by atoms with Crippen molar-refractivity contribution < 1.29 is 19.1 Å². The minimum absolute atomic E-state index is 0.0148. The highest BCUT2D eigenvalue weighted by Gasteiger charge is 2.37. The predicted molar refractivity (Wildman–Crippen MR) is 155 cm³/mol. The molecule has 1 rings (SSSR count). The molecular weight excluding hydrogens is 478 g/mol. The van der Waals surface area contributed by atoms with Crippen LogP contribution in [0.25, 0.3) is 0 Å². The summed E-state index contributed by atoms with van der Waals surface area (Å²) in [5, 5.41) is 5.98. The van der Waals surface area contributed by atoms with Crippen LogP contribution in [0.5, 0.6) is 0 Å². The third-order valence-electron chi connectivity index (χ3n) is 6.38. The Balaban J connectivity index is 3.58. The molecule has 38 heavy (non-hydrogen) atoms. The number of hydrogen-bond donors (Lipinski definition) is 2. The topological polar surface area (TPSA) is 87.7 Å². The van der Waals surface area contributed by atoms with E-state index >= 15 is 0 Å². The lowest BCUT2D eigenvalue weighted by Gasteiger charge is -2.36. The molecule has 0 saturated heterocycles. The zero-order valence-electron chi connectivity index (χ0n) is 25.6. The van der Waals surface area contributed by atoms with Crippen LogP contribution < -0.4 is 10.6 Å². The number of nitrogens with one attached hydrogen (secondary N) is 2. The van der Waals surface area contributed by atoms with Crippen molar-refractivity contribution in [1.82, 2.24) is 15.5 Å². The van der Waals surface area contributed by atoms with Gasteiger partial charge < -0.3 is 20.3 Å². The summed E-state index contributed by atoms with van der Waals surface area (Å²) in [6.45, 7) is 20.0. The zero-order valence-corrected chi connectivity index (χ0v) is 25.6. The number of aryl methyl sites for hydroxylation is 2. The van der Waals surface area contributed by atoms with Gasteiger partial charge in [-0.3, -0.25) is 9.59 Å². The van der Waals surface area contributed by atoms with Crippen LogP contribution in [-0.4, -0.2) is 47.0 Å². The van der Waals surface area contributed by atoms with Gasteiger partial charge in [0.1, 0.15) is 17.7 Å². The first-order valence-corrected chi connectivity index (χ1v) is 14.4. The normalized spacial score (nSPS) is 14.0. The monoisotopic (exact) mass is 531 g/mol. The van der Waals surface area contributed by atoms with Crippen LogP contribution in [0.2, 0.25) is 0 Å². The molecule has 0 aliphatic heterocycles. The fourth-order valence-corrected chi connectivity index (χ4v) is 4.57. The molecule has 0 aliphatic carbocycles. The van der Waals surface area contributed by atoms with Crippen LogP contribution in [-0.2, 0) is 14.3 Å². The second-order valence-electron chi connectivity index (χ2n) is 12.0. The first kappa shape index (κ1) is 33.5. The van der Waals surface area contributed by atoms with Gasteiger partial charge in [-0.25, -0.2) is 4.79 Å². The van der Waals surface area contributed by atoms with E-state index < -0.39 is 23.8 Å². The van der Waals surface area contributed by atoms with Crippen LogP contribution in [0.1, 0.15) is 117 Å². The smallest absolute Gasteiger partial charge is 0.408 e. The first-order chi connectivity index (χ1) is 17.7. The maximum atomic E-state index is 14.3. The predicted octanol–water partition coefficient (Wildman–Crippen LogP) is 6.61. The molecule has 3 atom stereocenters. The maximum absolute atomic E-state index is 14.3. The van der Waals surface area contributed by atoms with E-state index in [0.29, 0.717) is 13.0 Å². The van der Waals surface area contributed by atoms with Crippen molar-refractivity contribution in [3.8, 4) is 0 Å². The van der Waals surface area contributed by atoms with Gasteiger partial charge in [0, 0.05) is 12.6 Å². The molecule has 3 unspecified atom stereocenters. The van der Waals surface area contributed by atoms with E-state index in [-0.39, 0.29) is 23.8 Å². The van der Waals surface area contributed by atoms with Gasteiger partial charge in [0.15, 0.2) is 0 Å². The summed E-state index contributed by atoms with van der Waals surface area (Å²) in [5.41, 5.74) is 2.10. The second-order valence-corrected chi connectivity index (χ2v) is 12.0. The largest absolute Gasteiger partial charge is 0.444 e. The number of carbonyl (C=O) groups excluding carboxylic acids is 3. The average Bonchev–Trinajstić information content (AvgIpc) is 2.78. The Morgan fingerprint density at radius 3 is 2.18 bits per heavy atom. The van der Waals surface area contributed by atoms with Gasteiger partial charge in [-0.05, 0) is 77.8 Å². The molecule has 216 valence electrons. The summed E-state index contributed by atoms with van der Waals surface area (Å²) < 4.78 is 5.49. The highest BCUT2D eigenvalue weighted by molar-refractivity contribution is 5.92. The molecule has 0 fully saturated rings. The summed E-state index contributed by atoms with van der Waals surface area (Å²) in [6, 6.07) is 4.40. The van der Waals surface area contributed by atoms with Gasteiger partial charge >= 0.3 is 6.09 Å². The minimum atomic E-state index is -0.806. The molecule has 7 nitrogen and oxygen atoms in total. The van der Waals surface area contributed by atoms with Gasteiger partial charge in [0.05, 0.1) is 0 Å². The lowest BCUT2D eigenvalue weighted by molar-refractivity contribution is -0.143. The van der Waals surface area contributed by atoms with E-state index in [1.165, 1.54) is 0 Å². The quantitative estimate of drug-likeness (QED) is 0.265. The van der Waals surface area contributed by atoms with Crippen molar-refractivity contribution in [2.24, 2.45) is 5.92 Å². The molecule has 0 bridgehead atoms. The zero-order chi connectivity index (χ0) is 29.0. The molecule has 3 amide bonds. The Morgan fingerprint density at radius 2 is 1.63 bits per heavy atom. The lowest BCUT2D eigenvalue weighted by atomic mass is 9.94. The Hall–Kier alpha value is -2.57. The molecule has 7 heteroatoms. The fourth-order valence-electron chi connectivity index (χ4n) is 4.57. The number of rotatable bonds is 14. The highest BCUT2D eigenvalue weighted by Crippen LogP contribution is 2.28. The van der Waals surface area contributed by atoms with Crippen LogP contribution in [0.4, 0.5) is 4.79 Å². The van der Waals surface area contributed by atoms with E-state index in [0.717, 1.165) is 48.8 Å². The number of hydrogen-bond acceptors (Lipinski definition) is 4. The van der Waals surface area contributed by atoms with Gasteiger partial charge in [0.25, 0.3) is 0 Å². The van der Waals surface area contributed by atoms with Crippen LogP contribution in [0, 0.1) is 19.8 Å². The third kappa shape index (κ3) is 11.4. The average molecular weight is 532 g/mol. The third-order valence-corrected chi connectivity index (χ3v) is 6.38. The molecule has 0 saturated carbocycles. The lowest BCUT2D eigenvalue weighted by Crippen LogP contribution is -2.54. The Bertz CT molecular complexity index is 907. The van der Waals surface area contributed by atoms with Crippen molar-refractivity contribution in [3.63, 3.8) is 0 Å². The highest BCUT2D eigenvalue weighted by atomic mass is 16.6. The molecule has 0 spiro atoms. The Kier molecular flexibility index (Phi) is 13.9. The van der Waals surface area contributed by atoms with Crippen molar-refractivity contribution in [3.05, 3.63) is 34.9 Å². The standard InChI is InChI=1S/C31H53N3O4/c1-11-13-14-18-34(29(36)26(19-21(3)4)33-30(37)38-31(8,9)10)27(28(35)32-24(7)15-12-2)25-20-22(5)16-17-23(25)6/h16-17,20-21,24,26-27H,11-15,18-19H2,1-10H3,(H,32,35)(H,33,37). The number of amides is 3. The van der Waals surface area contributed by atoms with E-state index in [2.05, 4.69) is 24.5 Å². The summed E-state index contributed by atoms with van der Waals surface area (Å²) in [6.07, 6.45) is 4.30. The number of benzene rings is 1. The summed E-state index contributed by atoms with van der Waals surface area (Å²) in [7, 11) is 0. The van der Waals surface area contributed by atoms with E-state index in [9.17, 15) is 14.4 Å². The Labute approximate surface area is 231 Å². The van der Waals surface area contributed by atoms with Gasteiger partial charge in [0.2, 0.25) is 11.8 Å². The summed E-state index contributed by atoms with van der Waals surface area (Å²) in [4.78, 5) is 42.6. The van der Waals surface area contributed by atoms with Crippen molar-refractivity contribution >= 4 is 17.9 Å². The van der Waals surface area contributed by atoms with Crippen LogP contribution in [0.15, 0.2) is 18.2 Å². The summed E-state index contributed by atoms with van der Waals surface area (Å²) in [5.74, 6) is -0.302. The number of unbranched alkanes of at least 4 members (excludes halogenated alkanes) is 2. The van der Waals surface area contributed by atoms with Gasteiger partial charge in [-0.2, -0.15) is 0 Å². The van der Waals surface area contributed by atoms with Gasteiger partial charge in [-0.15, -0.1) is 0 Å². The van der Waals surface area contributed by atoms with E-state index in [4.69, 9.17) is 4.74 Å². The summed E-state index contributed by atoms with van der Waals surface area (Å²) >= 11 is 0. The van der Waals surface area contributed by atoms with E-state index in [1.807, 2.05) is 52.8 Å². The SMILES string of the molecule is CCCCCN(C(=O)C(CC(C)C)NC(=O)OC(C)(C)C)C(C(=O)NC(C)CCC)c1cc(C)ccc1C. The fraction of sp³-hybridized carbons (Fsp3) is 0.710. The number of alkyl carbamates (subject to hydrolysis) is 1. The second kappa shape index (κ2) is 15.7. The molecule has 1 aromatic rings. The van der Waals surface area contributed by atoms with Crippen LogP contribution in [0.3, 0.4) is 0 Å². The molecule has 0 radical (unpaired) electrons. The van der Waals surface area contributed by atoms with E-state index in [1.54, 1.807) is 25.7 Å².